The molecule has 0 aromatic heterocycles. The molecule has 2 aromatic carbocycles. The van der Waals surface area contributed by atoms with Crippen molar-refractivity contribution in [3.8, 4) is 5.75 Å². The van der Waals surface area contributed by atoms with Gasteiger partial charge in [0.05, 0.1) is 5.02 Å². The number of benzene rings is 2. The molecule has 1 N–H and O–H groups in total. The molecule has 0 fully saturated rings. The van der Waals surface area contributed by atoms with Crippen LogP contribution < -0.4 is 4.74 Å². The Morgan fingerprint density at radius 2 is 1.90 bits per heavy atom. The molecule has 0 heterocycles. The molecular formula is C15H12Cl2O3. The van der Waals surface area contributed by atoms with Crippen LogP contribution in [0.1, 0.15) is 11.5 Å². The van der Waals surface area contributed by atoms with Gasteiger partial charge >= 0.3 is 5.97 Å². The van der Waals surface area contributed by atoms with E-state index < -0.39 is 11.9 Å². The molecule has 5 heteroatoms. The molecule has 1 unspecified atom stereocenters. The standard InChI is InChI=1S/C15H12Cl2O3/c16-11-5-3-4-10(8-11)12(15(18)19)9-20-14-7-2-1-6-13(14)17/h1-8,12H,9H2,(H,18,19). The smallest absolute Gasteiger partial charge is 0.314 e. The van der Waals surface area contributed by atoms with Gasteiger partial charge in [-0.05, 0) is 29.8 Å². The Balaban J connectivity index is 2.15. The highest BCUT2D eigenvalue weighted by Crippen LogP contribution is 2.26. The Morgan fingerprint density at radius 1 is 1.15 bits per heavy atom. The average Bonchev–Trinajstić information content (AvgIpc) is 2.41. The fourth-order valence-electron chi connectivity index (χ4n) is 1.77. The molecule has 0 amide bonds. The Hall–Kier alpha value is -1.71. The molecule has 1 atom stereocenters. The summed E-state index contributed by atoms with van der Waals surface area (Å²) >= 11 is 11.8. The van der Waals surface area contributed by atoms with E-state index >= 15 is 0 Å². The average molecular weight is 311 g/mol. The highest BCUT2D eigenvalue weighted by molar-refractivity contribution is 6.32. The quantitative estimate of drug-likeness (QED) is 0.898. The first-order valence-corrected chi connectivity index (χ1v) is 6.69. The fraction of sp³-hybridized carbons (Fsp3) is 0.133. The number of carbonyl (C=O) groups is 1. The van der Waals surface area contributed by atoms with Gasteiger partial charge in [-0.2, -0.15) is 0 Å². The van der Waals surface area contributed by atoms with Crippen molar-refractivity contribution in [3.05, 3.63) is 64.1 Å². The fourth-order valence-corrected chi connectivity index (χ4v) is 2.16. The first-order chi connectivity index (χ1) is 9.58. The minimum atomic E-state index is -0.973. The zero-order valence-corrected chi connectivity index (χ0v) is 11.9. The number of carboxylic acid groups (broad SMARTS) is 1. The minimum absolute atomic E-state index is 0.0145. The third kappa shape index (κ3) is 3.65. The summed E-state index contributed by atoms with van der Waals surface area (Å²) in [5.41, 5.74) is 0.594. The molecule has 0 bridgehead atoms. The molecular weight excluding hydrogens is 299 g/mol. The first kappa shape index (κ1) is 14.7. The molecule has 0 saturated carbocycles. The second kappa shape index (κ2) is 6.64. The van der Waals surface area contributed by atoms with Crippen LogP contribution in [0.4, 0.5) is 0 Å². The topological polar surface area (TPSA) is 46.5 Å². The Labute approximate surface area is 126 Å². The molecule has 0 saturated heterocycles. The highest BCUT2D eigenvalue weighted by atomic mass is 35.5. The van der Waals surface area contributed by atoms with E-state index in [4.69, 9.17) is 27.9 Å². The molecule has 20 heavy (non-hydrogen) atoms. The van der Waals surface area contributed by atoms with Gasteiger partial charge in [-0.1, -0.05) is 47.5 Å². The van der Waals surface area contributed by atoms with Crippen molar-refractivity contribution >= 4 is 29.2 Å². The number of hydrogen-bond acceptors (Lipinski definition) is 2. The Bertz CT molecular complexity index is 614. The lowest BCUT2D eigenvalue weighted by Crippen LogP contribution is -2.19. The van der Waals surface area contributed by atoms with Gasteiger partial charge in [0.1, 0.15) is 18.3 Å². The minimum Gasteiger partial charge on any atom is -0.491 e. The zero-order chi connectivity index (χ0) is 14.5. The maximum atomic E-state index is 11.4. The number of hydrogen-bond donors (Lipinski definition) is 1. The molecule has 0 radical (unpaired) electrons. The second-order valence-corrected chi connectivity index (χ2v) is 5.03. The normalized spacial score (nSPS) is 11.9. The van der Waals surface area contributed by atoms with Crippen molar-refractivity contribution in [1.82, 2.24) is 0 Å². The van der Waals surface area contributed by atoms with Crippen LogP contribution in [0.3, 0.4) is 0 Å². The van der Waals surface area contributed by atoms with Crippen molar-refractivity contribution in [1.29, 1.82) is 0 Å². The van der Waals surface area contributed by atoms with Crippen LogP contribution in [-0.2, 0) is 4.79 Å². The van der Waals surface area contributed by atoms with Crippen molar-refractivity contribution in [3.63, 3.8) is 0 Å². The number of para-hydroxylation sites is 1. The van der Waals surface area contributed by atoms with E-state index in [9.17, 15) is 9.90 Å². The van der Waals surface area contributed by atoms with E-state index in [1.54, 1.807) is 48.5 Å². The third-order valence-electron chi connectivity index (χ3n) is 2.79. The maximum Gasteiger partial charge on any atom is 0.314 e. The predicted octanol–water partition coefficient (Wildman–Crippen LogP) is 4.24. The maximum absolute atomic E-state index is 11.4. The summed E-state index contributed by atoms with van der Waals surface area (Å²) in [6, 6.07) is 13.7. The van der Waals surface area contributed by atoms with Crippen LogP contribution in [-0.4, -0.2) is 17.7 Å². The summed E-state index contributed by atoms with van der Waals surface area (Å²) in [5, 5.41) is 10.2. The molecule has 2 rings (SSSR count). The summed E-state index contributed by atoms with van der Waals surface area (Å²) < 4.78 is 5.50. The van der Waals surface area contributed by atoms with Gasteiger partial charge in [0.2, 0.25) is 0 Å². The monoisotopic (exact) mass is 310 g/mol. The zero-order valence-electron chi connectivity index (χ0n) is 10.4. The number of rotatable bonds is 5. The molecule has 2 aromatic rings. The number of aliphatic carboxylic acids is 1. The van der Waals surface area contributed by atoms with Crippen LogP contribution in [0.5, 0.6) is 5.75 Å². The van der Waals surface area contributed by atoms with E-state index in [-0.39, 0.29) is 6.61 Å². The van der Waals surface area contributed by atoms with Crippen LogP contribution in [0, 0.1) is 0 Å². The summed E-state index contributed by atoms with van der Waals surface area (Å²) in [6.07, 6.45) is 0. The van der Waals surface area contributed by atoms with Crippen LogP contribution in [0.15, 0.2) is 48.5 Å². The summed E-state index contributed by atoms with van der Waals surface area (Å²) in [5.74, 6) is -1.31. The van der Waals surface area contributed by atoms with Gasteiger partial charge in [0.25, 0.3) is 0 Å². The predicted molar refractivity (Wildman–Crippen MR) is 78.8 cm³/mol. The molecule has 0 spiro atoms. The van der Waals surface area contributed by atoms with Gasteiger partial charge in [-0.25, -0.2) is 0 Å². The van der Waals surface area contributed by atoms with Crippen molar-refractivity contribution < 1.29 is 14.6 Å². The first-order valence-electron chi connectivity index (χ1n) is 5.93. The van der Waals surface area contributed by atoms with E-state index in [0.29, 0.717) is 21.4 Å². The highest BCUT2D eigenvalue weighted by Gasteiger charge is 2.21. The number of carboxylic acids is 1. The van der Waals surface area contributed by atoms with Crippen molar-refractivity contribution in [2.45, 2.75) is 5.92 Å². The van der Waals surface area contributed by atoms with Gasteiger partial charge in [0, 0.05) is 5.02 Å². The van der Waals surface area contributed by atoms with E-state index in [0.717, 1.165) is 0 Å². The van der Waals surface area contributed by atoms with Gasteiger partial charge in [-0.3, -0.25) is 4.79 Å². The molecule has 0 aliphatic heterocycles. The van der Waals surface area contributed by atoms with Gasteiger partial charge < -0.3 is 9.84 Å². The van der Waals surface area contributed by atoms with Gasteiger partial charge in [-0.15, -0.1) is 0 Å². The van der Waals surface area contributed by atoms with E-state index in [1.165, 1.54) is 0 Å². The molecule has 0 aliphatic rings. The Morgan fingerprint density at radius 3 is 2.55 bits per heavy atom. The van der Waals surface area contributed by atoms with Crippen molar-refractivity contribution in [2.24, 2.45) is 0 Å². The SMILES string of the molecule is O=C(O)C(COc1ccccc1Cl)c1cccc(Cl)c1. The summed E-state index contributed by atoms with van der Waals surface area (Å²) in [6.45, 7) is -0.0145. The Kier molecular flexibility index (Phi) is 4.88. The summed E-state index contributed by atoms with van der Waals surface area (Å²) in [7, 11) is 0. The van der Waals surface area contributed by atoms with E-state index in [1.807, 2.05) is 0 Å². The number of ether oxygens (including phenoxy) is 1. The second-order valence-electron chi connectivity index (χ2n) is 4.19. The third-order valence-corrected chi connectivity index (χ3v) is 3.34. The van der Waals surface area contributed by atoms with Crippen LogP contribution in [0.2, 0.25) is 10.0 Å². The van der Waals surface area contributed by atoms with Crippen LogP contribution >= 0.6 is 23.2 Å². The molecule has 3 nitrogen and oxygen atoms in total. The lowest BCUT2D eigenvalue weighted by atomic mass is 10.0. The lowest BCUT2D eigenvalue weighted by molar-refractivity contribution is -0.139. The number of halogens is 2. The summed E-state index contributed by atoms with van der Waals surface area (Å²) in [4.78, 5) is 11.4. The van der Waals surface area contributed by atoms with Crippen LogP contribution in [0.25, 0.3) is 0 Å². The molecule has 0 aliphatic carbocycles. The largest absolute Gasteiger partial charge is 0.491 e. The molecule has 104 valence electrons. The van der Waals surface area contributed by atoms with E-state index in [2.05, 4.69) is 0 Å². The van der Waals surface area contributed by atoms with Crippen molar-refractivity contribution in [2.75, 3.05) is 6.61 Å². The van der Waals surface area contributed by atoms with Gasteiger partial charge in [0.15, 0.2) is 0 Å². The lowest BCUT2D eigenvalue weighted by Gasteiger charge is -2.15.